The molecule has 0 unspecified atom stereocenters. The molecular formula is C22H35FN4O4. The molecule has 31 heavy (non-hydrogen) atoms. The van der Waals surface area contributed by atoms with Crippen LogP contribution in [-0.4, -0.2) is 59.5 Å². The van der Waals surface area contributed by atoms with Crippen LogP contribution in [0.25, 0.3) is 0 Å². The van der Waals surface area contributed by atoms with Gasteiger partial charge in [-0.1, -0.05) is 0 Å². The Hall–Kier alpha value is -2.84. The maximum Gasteiger partial charge on any atom is 0.434 e. The van der Waals surface area contributed by atoms with E-state index in [9.17, 15) is 14.0 Å². The summed E-state index contributed by atoms with van der Waals surface area (Å²) < 4.78 is 19.6. The number of amides is 2. The minimum Gasteiger partial charge on any atom is -0.449 e. The van der Waals surface area contributed by atoms with Gasteiger partial charge in [0.05, 0.1) is 12.3 Å². The monoisotopic (exact) mass is 438 g/mol. The van der Waals surface area contributed by atoms with Crippen LogP contribution in [0.1, 0.15) is 59.9 Å². The molecule has 0 bridgehead atoms. The first-order chi connectivity index (χ1) is 14.1. The van der Waals surface area contributed by atoms with Gasteiger partial charge in [-0.2, -0.15) is 0 Å². The molecule has 9 heteroatoms. The highest BCUT2D eigenvalue weighted by Gasteiger charge is 2.24. The Labute approximate surface area is 184 Å². The normalized spacial score (nSPS) is 11.5. The molecule has 0 spiro atoms. The van der Waals surface area contributed by atoms with E-state index in [-0.39, 0.29) is 35.5 Å². The molecule has 0 atom stereocenters. The largest absolute Gasteiger partial charge is 0.449 e. The Morgan fingerprint density at radius 1 is 1.03 bits per heavy atom. The van der Waals surface area contributed by atoms with Crippen LogP contribution in [0.2, 0.25) is 0 Å². The quantitative estimate of drug-likeness (QED) is 0.353. The molecule has 0 aliphatic rings. The van der Waals surface area contributed by atoms with E-state index in [1.807, 2.05) is 41.5 Å². The lowest BCUT2D eigenvalue weighted by atomic mass is 10.0. The second-order valence-electron chi connectivity index (χ2n) is 9.32. The van der Waals surface area contributed by atoms with Crippen LogP contribution in [0.15, 0.2) is 18.2 Å². The van der Waals surface area contributed by atoms with Crippen molar-refractivity contribution in [2.45, 2.75) is 65.5 Å². The van der Waals surface area contributed by atoms with Gasteiger partial charge in [-0.3, -0.25) is 0 Å². The zero-order valence-electron chi connectivity index (χ0n) is 19.8. The van der Waals surface area contributed by atoms with Gasteiger partial charge >= 0.3 is 12.2 Å². The van der Waals surface area contributed by atoms with Crippen molar-refractivity contribution in [1.29, 1.82) is 5.41 Å². The number of rotatable bonds is 7. The standard InChI is InChI=1S/C22H35FN4O4/c1-21(2,3)26(7)19(28)30-13-9-10-18(24)16-12-11-15(14-17(16)23)25-31-20(29)27(8)22(4,5)6/h11-12,14,24-25H,9-10,13H2,1-8H3. The van der Waals surface area contributed by atoms with Crippen LogP contribution in [-0.2, 0) is 9.57 Å². The summed E-state index contributed by atoms with van der Waals surface area (Å²) in [7, 11) is 3.27. The molecule has 0 aromatic heterocycles. The predicted molar refractivity (Wildman–Crippen MR) is 119 cm³/mol. The first kappa shape index (κ1) is 26.2. The van der Waals surface area contributed by atoms with Crippen LogP contribution < -0.4 is 5.48 Å². The number of benzene rings is 1. The maximum atomic E-state index is 14.4. The number of hydrogen-bond acceptors (Lipinski definition) is 6. The van der Waals surface area contributed by atoms with Crippen LogP contribution in [0, 0.1) is 11.2 Å². The Kier molecular flexibility index (Phi) is 8.84. The number of anilines is 1. The summed E-state index contributed by atoms with van der Waals surface area (Å²) in [6.07, 6.45) is -0.385. The molecule has 2 N–H and O–H groups in total. The van der Waals surface area contributed by atoms with Crippen molar-refractivity contribution in [2.75, 3.05) is 26.2 Å². The molecule has 8 nitrogen and oxygen atoms in total. The van der Waals surface area contributed by atoms with Crippen molar-refractivity contribution >= 4 is 23.6 Å². The number of hydrogen-bond donors (Lipinski definition) is 2. The number of halogens is 1. The lowest BCUT2D eigenvalue weighted by molar-refractivity contribution is 0.0808. The highest BCUT2D eigenvalue weighted by Crippen LogP contribution is 2.18. The average Bonchev–Trinajstić information content (AvgIpc) is 2.66. The second-order valence-corrected chi connectivity index (χ2v) is 9.32. The third kappa shape index (κ3) is 8.07. The van der Waals surface area contributed by atoms with Gasteiger partial charge in [0.1, 0.15) is 5.82 Å². The molecule has 0 saturated carbocycles. The highest BCUT2D eigenvalue weighted by atomic mass is 19.1. The van der Waals surface area contributed by atoms with Gasteiger partial charge in [0.2, 0.25) is 0 Å². The van der Waals surface area contributed by atoms with E-state index in [4.69, 9.17) is 15.0 Å². The Bertz CT molecular complexity index is 800. The first-order valence-corrected chi connectivity index (χ1v) is 10.1. The maximum absolute atomic E-state index is 14.4. The predicted octanol–water partition coefficient (Wildman–Crippen LogP) is 5.03. The number of carbonyl (C=O) groups is 2. The molecule has 0 aliphatic heterocycles. The van der Waals surface area contributed by atoms with Crippen molar-refractivity contribution in [3.8, 4) is 0 Å². The minimum atomic E-state index is -0.611. The van der Waals surface area contributed by atoms with Crippen molar-refractivity contribution in [1.82, 2.24) is 9.80 Å². The van der Waals surface area contributed by atoms with E-state index in [0.29, 0.717) is 6.42 Å². The van der Waals surface area contributed by atoms with E-state index >= 15 is 0 Å². The lowest BCUT2D eigenvalue weighted by Crippen LogP contribution is -2.43. The molecular weight excluding hydrogens is 403 g/mol. The Balaban J connectivity index is 2.55. The average molecular weight is 439 g/mol. The summed E-state index contributed by atoms with van der Waals surface area (Å²) in [4.78, 5) is 31.8. The van der Waals surface area contributed by atoms with Crippen LogP contribution in [0.3, 0.4) is 0 Å². The summed E-state index contributed by atoms with van der Waals surface area (Å²) in [5, 5.41) is 8.10. The molecule has 0 heterocycles. The fourth-order valence-electron chi connectivity index (χ4n) is 2.18. The van der Waals surface area contributed by atoms with Gasteiger partial charge in [0.25, 0.3) is 0 Å². The molecule has 1 aromatic rings. The van der Waals surface area contributed by atoms with E-state index in [1.165, 1.54) is 21.9 Å². The molecule has 0 saturated heterocycles. The lowest BCUT2D eigenvalue weighted by Gasteiger charge is -2.30. The summed E-state index contributed by atoms with van der Waals surface area (Å²) in [6, 6.07) is 4.13. The summed E-state index contributed by atoms with van der Waals surface area (Å²) in [5.41, 5.74) is 2.15. The smallest absolute Gasteiger partial charge is 0.434 e. The van der Waals surface area contributed by atoms with Crippen LogP contribution in [0.4, 0.5) is 19.7 Å². The van der Waals surface area contributed by atoms with E-state index < -0.39 is 23.5 Å². The van der Waals surface area contributed by atoms with Gasteiger partial charge in [-0.15, -0.1) is 0 Å². The fourth-order valence-corrected chi connectivity index (χ4v) is 2.18. The molecule has 2 amide bonds. The van der Waals surface area contributed by atoms with Crippen molar-refractivity contribution in [3.63, 3.8) is 0 Å². The van der Waals surface area contributed by atoms with Gasteiger partial charge in [-0.05, 0) is 66.5 Å². The van der Waals surface area contributed by atoms with Gasteiger partial charge < -0.3 is 24.8 Å². The third-order valence-electron chi connectivity index (χ3n) is 4.91. The van der Waals surface area contributed by atoms with Crippen molar-refractivity contribution in [3.05, 3.63) is 29.6 Å². The molecule has 1 rings (SSSR count). The fraction of sp³-hybridized carbons (Fsp3) is 0.591. The highest BCUT2D eigenvalue weighted by molar-refractivity contribution is 5.98. The number of ether oxygens (including phenoxy) is 1. The van der Waals surface area contributed by atoms with E-state index in [2.05, 4.69) is 5.48 Å². The van der Waals surface area contributed by atoms with Crippen LogP contribution in [0.5, 0.6) is 0 Å². The SMILES string of the molecule is CN(C(=O)OCCCC(=N)c1ccc(NOC(=O)N(C)C(C)(C)C)cc1F)C(C)(C)C. The van der Waals surface area contributed by atoms with Gasteiger partial charge in [0, 0.05) is 42.5 Å². The van der Waals surface area contributed by atoms with Crippen molar-refractivity contribution < 1.29 is 23.6 Å². The zero-order chi connectivity index (χ0) is 24.0. The minimum absolute atomic E-state index is 0.0914. The van der Waals surface area contributed by atoms with Gasteiger partial charge in [-0.25, -0.2) is 19.5 Å². The second kappa shape index (κ2) is 10.5. The zero-order valence-corrected chi connectivity index (χ0v) is 19.8. The number of carbonyl (C=O) groups excluding carboxylic acids is 2. The topological polar surface area (TPSA) is 95.0 Å². The first-order valence-electron chi connectivity index (χ1n) is 10.1. The van der Waals surface area contributed by atoms with E-state index in [1.54, 1.807) is 14.1 Å². The van der Waals surface area contributed by atoms with Crippen molar-refractivity contribution in [2.24, 2.45) is 0 Å². The number of nitrogens with zero attached hydrogens (tertiary/aromatic N) is 2. The summed E-state index contributed by atoms with van der Waals surface area (Å²) >= 11 is 0. The Morgan fingerprint density at radius 2 is 1.58 bits per heavy atom. The molecule has 0 aliphatic carbocycles. The van der Waals surface area contributed by atoms with E-state index in [0.717, 1.165) is 6.07 Å². The molecule has 0 radical (unpaired) electrons. The molecule has 174 valence electrons. The summed E-state index contributed by atoms with van der Waals surface area (Å²) in [6.45, 7) is 11.4. The molecule has 1 aromatic carbocycles. The molecule has 0 fully saturated rings. The van der Waals surface area contributed by atoms with Gasteiger partial charge in [0.15, 0.2) is 0 Å². The third-order valence-corrected chi connectivity index (χ3v) is 4.91. The van der Waals surface area contributed by atoms with Crippen LogP contribution >= 0.6 is 0 Å². The number of nitrogens with one attached hydrogen (secondary N) is 2. The Morgan fingerprint density at radius 3 is 2.10 bits per heavy atom. The summed E-state index contributed by atoms with van der Waals surface area (Å²) in [5.74, 6) is -0.611.